The SMILES string of the molecule is CCOC(=O)c1cc2cc(C(C)(C)C)ccc2n1Cc1ccccn1. The third-order valence-corrected chi connectivity index (χ3v) is 4.30. The number of aromatic nitrogens is 2. The topological polar surface area (TPSA) is 44.1 Å². The van der Waals surface area contributed by atoms with Gasteiger partial charge in [0.15, 0.2) is 0 Å². The number of hydrogen-bond donors (Lipinski definition) is 0. The molecule has 2 aromatic heterocycles. The van der Waals surface area contributed by atoms with Gasteiger partial charge in [-0.2, -0.15) is 0 Å². The van der Waals surface area contributed by atoms with Crippen LogP contribution in [-0.4, -0.2) is 22.1 Å². The minimum atomic E-state index is -0.299. The molecule has 1 aromatic carbocycles. The van der Waals surface area contributed by atoms with Crippen molar-refractivity contribution < 1.29 is 9.53 Å². The molecule has 0 radical (unpaired) electrons. The summed E-state index contributed by atoms with van der Waals surface area (Å²) in [5, 5.41) is 1.05. The molecule has 0 aliphatic heterocycles. The van der Waals surface area contributed by atoms with Crippen LogP contribution >= 0.6 is 0 Å². The third kappa shape index (κ3) is 3.58. The highest BCUT2D eigenvalue weighted by atomic mass is 16.5. The zero-order valence-electron chi connectivity index (χ0n) is 15.2. The van der Waals surface area contributed by atoms with E-state index in [4.69, 9.17) is 4.74 Å². The first-order chi connectivity index (χ1) is 11.9. The van der Waals surface area contributed by atoms with Gasteiger partial charge >= 0.3 is 5.97 Å². The molecule has 0 saturated heterocycles. The van der Waals surface area contributed by atoms with E-state index < -0.39 is 0 Å². The highest BCUT2D eigenvalue weighted by Crippen LogP contribution is 2.29. The van der Waals surface area contributed by atoms with Gasteiger partial charge in [-0.25, -0.2) is 4.79 Å². The Morgan fingerprint density at radius 2 is 1.96 bits per heavy atom. The van der Waals surface area contributed by atoms with Crippen molar-refractivity contribution in [1.82, 2.24) is 9.55 Å². The quantitative estimate of drug-likeness (QED) is 0.656. The van der Waals surface area contributed by atoms with Crippen molar-refractivity contribution in [2.75, 3.05) is 6.61 Å². The minimum absolute atomic E-state index is 0.0569. The van der Waals surface area contributed by atoms with Gasteiger partial charge in [0.1, 0.15) is 5.69 Å². The number of nitrogens with zero attached hydrogens (tertiary/aromatic N) is 2. The molecule has 0 spiro atoms. The number of esters is 1. The van der Waals surface area contributed by atoms with Crippen LogP contribution in [0.15, 0.2) is 48.7 Å². The third-order valence-electron chi connectivity index (χ3n) is 4.30. The fourth-order valence-electron chi connectivity index (χ4n) is 2.94. The Morgan fingerprint density at radius 3 is 2.60 bits per heavy atom. The zero-order valence-corrected chi connectivity index (χ0v) is 15.2. The van der Waals surface area contributed by atoms with E-state index in [2.05, 4.69) is 44.0 Å². The van der Waals surface area contributed by atoms with Crippen molar-refractivity contribution in [1.29, 1.82) is 0 Å². The number of carbonyl (C=O) groups is 1. The molecule has 3 aromatic rings. The largest absolute Gasteiger partial charge is 0.461 e. The summed E-state index contributed by atoms with van der Waals surface area (Å²) in [4.78, 5) is 16.8. The molecule has 4 nitrogen and oxygen atoms in total. The van der Waals surface area contributed by atoms with E-state index in [0.29, 0.717) is 18.8 Å². The maximum absolute atomic E-state index is 12.4. The van der Waals surface area contributed by atoms with Gasteiger partial charge in [0.25, 0.3) is 0 Å². The number of fused-ring (bicyclic) bond motifs is 1. The number of rotatable bonds is 4. The lowest BCUT2D eigenvalue weighted by molar-refractivity contribution is 0.0515. The van der Waals surface area contributed by atoms with E-state index in [9.17, 15) is 4.79 Å². The normalized spacial score (nSPS) is 11.7. The van der Waals surface area contributed by atoms with Crippen LogP contribution in [0.25, 0.3) is 10.9 Å². The Balaban J connectivity index is 2.13. The van der Waals surface area contributed by atoms with Crippen LogP contribution in [0.3, 0.4) is 0 Å². The number of carbonyl (C=O) groups excluding carboxylic acids is 1. The van der Waals surface area contributed by atoms with Gasteiger partial charge in [0, 0.05) is 17.1 Å². The molecule has 0 atom stereocenters. The van der Waals surface area contributed by atoms with Gasteiger partial charge in [-0.1, -0.05) is 32.9 Å². The van der Waals surface area contributed by atoms with E-state index in [1.54, 1.807) is 6.20 Å². The summed E-state index contributed by atoms with van der Waals surface area (Å²) in [5.41, 5.74) is 3.78. The molecule has 0 aliphatic carbocycles. The molecule has 0 aliphatic rings. The van der Waals surface area contributed by atoms with Crippen molar-refractivity contribution >= 4 is 16.9 Å². The van der Waals surface area contributed by atoms with Gasteiger partial charge in [0.2, 0.25) is 0 Å². The summed E-state index contributed by atoms with van der Waals surface area (Å²) in [5.74, 6) is -0.299. The Hall–Kier alpha value is -2.62. The lowest BCUT2D eigenvalue weighted by Crippen LogP contribution is -2.13. The van der Waals surface area contributed by atoms with Gasteiger partial charge in [-0.05, 0) is 48.2 Å². The maximum Gasteiger partial charge on any atom is 0.354 e. The highest BCUT2D eigenvalue weighted by Gasteiger charge is 2.20. The molecule has 25 heavy (non-hydrogen) atoms. The molecule has 0 N–H and O–H groups in total. The molecule has 0 saturated carbocycles. The Bertz CT molecular complexity index is 889. The van der Waals surface area contributed by atoms with Crippen LogP contribution in [0.5, 0.6) is 0 Å². The van der Waals surface area contributed by atoms with Crippen molar-refractivity contribution in [2.45, 2.75) is 39.7 Å². The fourth-order valence-corrected chi connectivity index (χ4v) is 2.94. The first kappa shape index (κ1) is 17.2. The van der Waals surface area contributed by atoms with Gasteiger partial charge < -0.3 is 9.30 Å². The molecular weight excluding hydrogens is 312 g/mol. The Labute approximate surface area is 148 Å². The van der Waals surface area contributed by atoms with E-state index in [1.807, 2.05) is 35.8 Å². The second-order valence-electron chi connectivity index (χ2n) is 7.18. The van der Waals surface area contributed by atoms with Crippen LogP contribution in [0.4, 0.5) is 0 Å². The van der Waals surface area contributed by atoms with Crippen LogP contribution in [0.2, 0.25) is 0 Å². The van der Waals surface area contributed by atoms with Crippen molar-refractivity contribution in [3.05, 3.63) is 65.6 Å². The summed E-state index contributed by atoms with van der Waals surface area (Å²) in [7, 11) is 0. The second-order valence-corrected chi connectivity index (χ2v) is 7.18. The molecular formula is C21H24N2O2. The minimum Gasteiger partial charge on any atom is -0.461 e. The molecule has 4 heteroatoms. The molecule has 3 rings (SSSR count). The predicted molar refractivity (Wildman–Crippen MR) is 99.9 cm³/mol. The van der Waals surface area contributed by atoms with E-state index in [1.165, 1.54) is 5.56 Å². The second kappa shape index (κ2) is 6.71. The summed E-state index contributed by atoms with van der Waals surface area (Å²) in [6.07, 6.45) is 1.77. The summed E-state index contributed by atoms with van der Waals surface area (Å²) in [6.45, 7) is 9.27. The molecule has 2 heterocycles. The van der Waals surface area contributed by atoms with Crippen LogP contribution in [0, 0.1) is 0 Å². The van der Waals surface area contributed by atoms with Crippen LogP contribution in [0.1, 0.15) is 49.4 Å². The Morgan fingerprint density at radius 1 is 1.16 bits per heavy atom. The van der Waals surface area contributed by atoms with Gasteiger partial charge in [-0.3, -0.25) is 4.98 Å². The maximum atomic E-state index is 12.4. The monoisotopic (exact) mass is 336 g/mol. The standard InChI is InChI=1S/C21H24N2O2/c1-5-25-20(24)19-13-15-12-16(21(2,3)4)9-10-18(15)23(19)14-17-8-6-7-11-22-17/h6-13H,5,14H2,1-4H3. The molecule has 0 bridgehead atoms. The zero-order chi connectivity index (χ0) is 18.0. The molecule has 0 fully saturated rings. The van der Waals surface area contributed by atoms with Gasteiger partial charge in [0.05, 0.1) is 18.8 Å². The first-order valence-electron chi connectivity index (χ1n) is 8.61. The first-order valence-corrected chi connectivity index (χ1v) is 8.61. The molecule has 130 valence electrons. The Kier molecular flexibility index (Phi) is 4.62. The van der Waals surface area contributed by atoms with E-state index in [-0.39, 0.29) is 11.4 Å². The number of ether oxygens (including phenoxy) is 1. The lowest BCUT2D eigenvalue weighted by atomic mass is 9.86. The smallest absolute Gasteiger partial charge is 0.354 e. The highest BCUT2D eigenvalue weighted by molar-refractivity contribution is 5.96. The summed E-state index contributed by atoms with van der Waals surface area (Å²) < 4.78 is 7.24. The van der Waals surface area contributed by atoms with Crippen molar-refractivity contribution in [3.8, 4) is 0 Å². The molecule has 0 unspecified atom stereocenters. The van der Waals surface area contributed by atoms with E-state index >= 15 is 0 Å². The van der Waals surface area contributed by atoms with Crippen LogP contribution < -0.4 is 0 Å². The number of hydrogen-bond acceptors (Lipinski definition) is 3. The predicted octanol–water partition coefficient (Wildman–Crippen LogP) is 4.56. The number of pyridine rings is 1. The number of benzene rings is 1. The average molecular weight is 336 g/mol. The summed E-state index contributed by atoms with van der Waals surface area (Å²) in [6, 6.07) is 14.1. The average Bonchev–Trinajstić information content (AvgIpc) is 2.93. The fraction of sp³-hybridized carbons (Fsp3) is 0.333. The molecule has 0 amide bonds. The van der Waals surface area contributed by atoms with Crippen LogP contribution in [-0.2, 0) is 16.7 Å². The van der Waals surface area contributed by atoms with E-state index in [0.717, 1.165) is 16.6 Å². The summed E-state index contributed by atoms with van der Waals surface area (Å²) >= 11 is 0. The van der Waals surface area contributed by atoms with Crippen molar-refractivity contribution in [2.24, 2.45) is 0 Å². The van der Waals surface area contributed by atoms with Crippen molar-refractivity contribution in [3.63, 3.8) is 0 Å². The lowest BCUT2D eigenvalue weighted by Gasteiger charge is -2.19. The van der Waals surface area contributed by atoms with Gasteiger partial charge in [-0.15, -0.1) is 0 Å².